The molecule has 1 aliphatic heterocycles. The third-order valence-electron chi connectivity index (χ3n) is 5.21. The molecule has 1 aliphatic rings. The Kier molecular flexibility index (Phi) is 7.64. The lowest BCUT2D eigenvalue weighted by atomic mass is 10.0. The van der Waals surface area contributed by atoms with E-state index in [9.17, 15) is 13.2 Å². The summed E-state index contributed by atoms with van der Waals surface area (Å²) >= 11 is 0. The number of sulfonamides is 1. The van der Waals surface area contributed by atoms with Gasteiger partial charge in [0, 0.05) is 24.8 Å². The molecule has 0 saturated carbocycles. The number of nitrogens with one attached hydrogen (secondary N) is 2. The van der Waals surface area contributed by atoms with Crippen molar-refractivity contribution in [3.8, 4) is 0 Å². The molecular weight excluding hydrogens is 398 g/mol. The second-order valence-corrected chi connectivity index (χ2v) is 10.0. The maximum absolute atomic E-state index is 12.7. The normalized spacial score (nSPS) is 16.0. The van der Waals surface area contributed by atoms with Gasteiger partial charge in [0.25, 0.3) is 0 Å². The summed E-state index contributed by atoms with van der Waals surface area (Å²) in [6.07, 6.45) is 2.30. The molecule has 6 nitrogen and oxygen atoms in total. The molecular formula is C23H31N3O3S. The standard InChI is InChI=1S/C23H31N3O3S/c1-18(2)16-19-8-10-22(11-9-19)30(28,29)25-21-12-14-26(15-13-21)17-23(27)24-20-6-4-3-5-7-20/h3-11,18,21,25H,12-17H2,1-2H3,(H,24,27). The summed E-state index contributed by atoms with van der Waals surface area (Å²) < 4.78 is 28.2. The van der Waals surface area contributed by atoms with Gasteiger partial charge in [0.2, 0.25) is 15.9 Å². The largest absolute Gasteiger partial charge is 0.325 e. The maximum Gasteiger partial charge on any atom is 0.240 e. The number of para-hydroxylation sites is 1. The first-order valence-electron chi connectivity index (χ1n) is 10.5. The van der Waals surface area contributed by atoms with Crippen molar-refractivity contribution in [1.29, 1.82) is 0 Å². The number of carbonyl (C=O) groups excluding carboxylic acids is 1. The molecule has 0 aromatic heterocycles. The van der Waals surface area contributed by atoms with Crippen LogP contribution in [0, 0.1) is 5.92 Å². The Hall–Kier alpha value is -2.22. The average molecular weight is 430 g/mol. The van der Waals surface area contributed by atoms with Gasteiger partial charge < -0.3 is 5.32 Å². The third-order valence-corrected chi connectivity index (χ3v) is 6.75. The highest BCUT2D eigenvalue weighted by Crippen LogP contribution is 2.17. The summed E-state index contributed by atoms with van der Waals surface area (Å²) in [4.78, 5) is 14.6. The molecule has 0 radical (unpaired) electrons. The van der Waals surface area contributed by atoms with Crippen LogP contribution in [0.1, 0.15) is 32.3 Å². The Morgan fingerprint density at radius 2 is 1.67 bits per heavy atom. The number of nitrogens with zero attached hydrogens (tertiary/aromatic N) is 1. The van der Waals surface area contributed by atoms with Gasteiger partial charge in [0.05, 0.1) is 11.4 Å². The predicted octanol–water partition coefficient (Wildman–Crippen LogP) is 3.27. The van der Waals surface area contributed by atoms with Crippen LogP contribution in [0.25, 0.3) is 0 Å². The number of benzene rings is 2. The smallest absolute Gasteiger partial charge is 0.240 e. The number of carbonyl (C=O) groups is 1. The monoisotopic (exact) mass is 429 g/mol. The highest BCUT2D eigenvalue weighted by atomic mass is 32.2. The molecule has 0 unspecified atom stereocenters. The summed E-state index contributed by atoms with van der Waals surface area (Å²) in [5, 5.41) is 2.88. The van der Waals surface area contributed by atoms with Crippen molar-refractivity contribution >= 4 is 21.6 Å². The molecule has 0 spiro atoms. The minimum atomic E-state index is -3.53. The molecule has 1 fully saturated rings. The van der Waals surface area contributed by atoms with Crippen LogP contribution < -0.4 is 10.0 Å². The first-order chi connectivity index (χ1) is 14.3. The molecule has 7 heteroatoms. The van der Waals surface area contributed by atoms with Crippen LogP contribution in [0.4, 0.5) is 5.69 Å². The summed E-state index contributed by atoms with van der Waals surface area (Å²) in [6, 6.07) is 16.4. The number of piperidine rings is 1. The van der Waals surface area contributed by atoms with E-state index >= 15 is 0 Å². The average Bonchev–Trinajstić information content (AvgIpc) is 2.70. The second kappa shape index (κ2) is 10.2. The van der Waals surface area contributed by atoms with Crippen LogP contribution >= 0.6 is 0 Å². The van der Waals surface area contributed by atoms with Crippen molar-refractivity contribution in [2.75, 3.05) is 25.0 Å². The fourth-order valence-corrected chi connectivity index (χ4v) is 5.00. The summed E-state index contributed by atoms with van der Waals surface area (Å²) in [5.74, 6) is 0.479. The lowest BCUT2D eigenvalue weighted by molar-refractivity contribution is -0.117. The van der Waals surface area contributed by atoms with Crippen LogP contribution in [0.15, 0.2) is 59.5 Å². The predicted molar refractivity (Wildman–Crippen MR) is 120 cm³/mol. The highest BCUT2D eigenvalue weighted by Gasteiger charge is 2.25. The number of likely N-dealkylation sites (tertiary alicyclic amines) is 1. The minimum Gasteiger partial charge on any atom is -0.325 e. The van der Waals surface area contributed by atoms with Crippen molar-refractivity contribution < 1.29 is 13.2 Å². The zero-order valence-corrected chi connectivity index (χ0v) is 18.5. The summed E-state index contributed by atoms with van der Waals surface area (Å²) in [5.41, 5.74) is 1.93. The van der Waals surface area contributed by atoms with Crippen molar-refractivity contribution in [1.82, 2.24) is 9.62 Å². The van der Waals surface area contributed by atoms with Crippen LogP contribution in [0.5, 0.6) is 0 Å². The molecule has 0 aliphatic carbocycles. The van der Waals surface area contributed by atoms with E-state index in [4.69, 9.17) is 0 Å². The van der Waals surface area contributed by atoms with Gasteiger partial charge in [0.1, 0.15) is 0 Å². The zero-order valence-electron chi connectivity index (χ0n) is 17.7. The lowest BCUT2D eigenvalue weighted by Gasteiger charge is -2.31. The van der Waals surface area contributed by atoms with Gasteiger partial charge in [0.15, 0.2) is 0 Å². The Bertz CT molecular complexity index is 920. The number of anilines is 1. The molecule has 1 amide bonds. The molecule has 1 heterocycles. The number of rotatable bonds is 8. The van der Waals surface area contributed by atoms with E-state index < -0.39 is 10.0 Å². The molecule has 30 heavy (non-hydrogen) atoms. The summed E-state index contributed by atoms with van der Waals surface area (Å²) in [7, 11) is -3.53. The fourth-order valence-electron chi connectivity index (χ4n) is 3.70. The van der Waals surface area contributed by atoms with Crippen molar-refractivity contribution in [3.05, 3.63) is 60.2 Å². The topological polar surface area (TPSA) is 78.5 Å². The van der Waals surface area contributed by atoms with Gasteiger partial charge in [-0.1, -0.05) is 44.2 Å². The van der Waals surface area contributed by atoms with E-state index in [0.29, 0.717) is 43.3 Å². The molecule has 162 valence electrons. The molecule has 0 bridgehead atoms. The molecule has 1 saturated heterocycles. The Morgan fingerprint density at radius 3 is 2.27 bits per heavy atom. The van der Waals surface area contributed by atoms with E-state index in [1.54, 1.807) is 12.1 Å². The van der Waals surface area contributed by atoms with Gasteiger partial charge in [-0.3, -0.25) is 9.69 Å². The van der Waals surface area contributed by atoms with E-state index in [0.717, 1.165) is 17.7 Å². The maximum atomic E-state index is 12.7. The Balaban J connectivity index is 1.47. The molecule has 2 aromatic rings. The molecule has 2 aromatic carbocycles. The fraction of sp³-hybridized carbons (Fsp3) is 0.435. The first-order valence-corrected chi connectivity index (χ1v) is 12.0. The highest BCUT2D eigenvalue weighted by molar-refractivity contribution is 7.89. The van der Waals surface area contributed by atoms with Crippen molar-refractivity contribution in [3.63, 3.8) is 0 Å². The van der Waals surface area contributed by atoms with Crippen LogP contribution in [0.2, 0.25) is 0 Å². The molecule has 2 N–H and O–H groups in total. The van der Waals surface area contributed by atoms with Crippen molar-refractivity contribution in [2.45, 2.75) is 44.0 Å². The van der Waals surface area contributed by atoms with E-state index in [-0.39, 0.29) is 11.9 Å². The number of hydrogen-bond acceptors (Lipinski definition) is 4. The van der Waals surface area contributed by atoms with E-state index in [2.05, 4.69) is 28.8 Å². The van der Waals surface area contributed by atoms with Crippen molar-refractivity contribution in [2.24, 2.45) is 5.92 Å². The van der Waals surface area contributed by atoms with Gasteiger partial charge in [-0.05, 0) is 55.0 Å². The van der Waals surface area contributed by atoms with Gasteiger partial charge in [-0.15, -0.1) is 0 Å². The second-order valence-electron chi connectivity index (χ2n) is 8.33. The first kappa shape index (κ1) is 22.5. The third kappa shape index (κ3) is 6.65. The molecule has 3 rings (SSSR count). The zero-order chi connectivity index (χ0) is 21.6. The number of amides is 1. The quantitative estimate of drug-likeness (QED) is 0.675. The van der Waals surface area contributed by atoms with Gasteiger partial charge in [-0.25, -0.2) is 13.1 Å². The van der Waals surface area contributed by atoms with E-state index in [1.807, 2.05) is 42.5 Å². The SMILES string of the molecule is CC(C)Cc1ccc(S(=O)(=O)NC2CCN(CC(=O)Nc3ccccc3)CC2)cc1. The van der Waals surface area contributed by atoms with Crippen LogP contribution in [-0.2, 0) is 21.2 Å². The van der Waals surface area contributed by atoms with Crippen LogP contribution in [0.3, 0.4) is 0 Å². The lowest BCUT2D eigenvalue weighted by Crippen LogP contribution is -2.46. The Morgan fingerprint density at radius 1 is 1.03 bits per heavy atom. The number of hydrogen-bond donors (Lipinski definition) is 2. The van der Waals surface area contributed by atoms with E-state index in [1.165, 1.54) is 0 Å². The van der Waals surface area contributed by atoms with Crippen LogP contribution in [-0.4, -0.2) is 44.9 Å². The van der Waals surface area contributed by atoms with Gasteiger partial charge >= 0.3 is 0 Å². The summed E-state index contributed by atoms with van der Waals surface area (Å²) in [6.45, 7) is 5.96. The van der Waals surface area contributed by atoms with Gasteiger partial charge in [-0.2, -0.15) is 0 Å². The minimum absolute atomic E-state index is 0.0540. The molecule has 0 atom stereocenters. The Labute approximate surface area is 179 Å².